The standard InChI is InChI=1S/C16H23F2N3O2/c1-11(2)10-20-15(22)5-3-4-8-19-16(23)21-14-7-6-12(17)9-13(14)18/h6-7,9,11H,3-5,8,10H2,1-2H3,(H,20,22)(H2,19,21,23). The maximum absolute atomic E-state index is 13.3. The molecule has 0 saturated heterocycles. The summed E-state index contributed by atoms with van der Waals surface area (Å²) in [6.07, 6.45) is 1.69. The molecule has 0 bridgehead atoms. The van der Waals surface area contributed by atoms with E-state index in [0.717, 1.165) is 12.1 Å². The third kappa shape index (κ3) is 8.13. The van der Waals surface area contributed by atoms with E-state index in [9.17, 15) is 18.4 Å². The van der Waals surface area contributed by atoms with Crippen LogP contribution in [-0.4, -0.2) is 25.0 Å². The summed E-state index contributed by atoms with van der Waals surface area (Å²) in [5.74, 6) is -1.13. The van der Waals surface area contributed by atoms with Gasteiger partial charge in [-0.25, -0.2) is 13.6 Å². The maximum atomic E-state index is 13.3. The van der Waals surface area contributed by atoms with Gasteiger partial charge in [-0.1, -0.05) is 13.8 Å². The van der Waals surface area contributed by atoms with Gasteiger partial charge in [-0.05, 0) is 30.9 Å². The van der Waals surface area contributed by atoms with E-state index in [1.165, 1.54) is 0 Å². The molecule has 1 aromatic rings. The Morgan fingerprint density at radius 3 is 2.52 bits per heavy atom. The number of carbonyl (C=O) groups excluding carboxylic acids is 2. The summed E-state index contributed by atoms with van der Waals surface area (Å²) in [4.78, 5) is 23.0. The van der Waals surface area contributed by atoms with Crippen LogP contribution in [0.3, 0.4) is 0 Å². The SMILES string of the molecule is CC(C)CNC(=O)CCCCNC(=O)Nc1ccc(F)cc1F. The number of amides is 3. The first kappa shape index (κ1) is 18.9. The Kier molecular flexibility index (Phi) is 8.01. The van der Waals surface area contributed by atoms with Gasteiger partial charge < -0.3 is 16.0 Å². The average molecular weight is 327 g/mol. The maximum Gasteiger partial charge on any atom is 0.319 e. The molecule has 0 atom stereocenters. The summed E-state index contributed by atoms with van der Waals surface area (Å²) in [7, 11) is 0. The Bertz CT molecular complexity index is 536. The van der Waals surface area contributed by atoms with Crippen LogP contribution in [0.5, 0.6) is 0 Å². The molecule has 0 aromatic heterocycles. The number of benzene rings is 1. The second-order valence-corrected chi connectivity index (χ2v) is 5.66. The van der Waals surface area contributed by atoms with E-state index in [1.54, 1.807) is 0 Å². The highest BCUT2D eigenvalue weighted by Crippen LogP contribution is 2.14. The van der Waals surface area contributed by atoms with Gasteiger partial charge in [0.1, 0.15) is 11.6 Å². The van der Waals surface area contributed by atoms with Crippen molar-refractivity contribution >= 4 is 17.6 Å². The quantitative estimate of drug-likeness (QED) is 0.642. The molecular formula is C16H23F2N3O2. The number of nitrogens with one attached hydrogen (secondary N) is 3. The number of halogens is 2. The van der Waals surface area contributed by atoms with Crippen molar-refractivity contribution < 1.29 is 18.4 Å². The number of rotatable bonds is 8. The van der Waals surface area contributed by atoms with Crippen LogP contribution in [0.1, 0.15) is 33.1 Å². The fourth-order valence-corrected chi connectivity index (χ4v) is 1.78. The largest absolute Gasteiger partial charge is 0.356 e. The minimum atomic E-state index is -0.832. The molecule has 3 N–H and O–H groups in total. The zero-order chi connectivity index (χ0) is 17.2. The summed E-state index contributed by atoms with van der Waals surface area (Å²) < 4.78 is 26.1. The lowest BCUT2D eigenvalue weighted by atomic mass is 10.2. The molecule has 1 rings (SSSR count). The molecule has 3 amide bonds. The van der Waals surface area contributed by atoms with Crippen molar-refractivity contribution in [3.63, 3.8) is 0 Å². The van der Waals surface area contributed by atoms with Crippen molar-refractivity contribution in [2.24, 2.45) is 5.92 Å². The molecule has 0 heterocycles. The highest BCUT2D eigenvalue weighted by Gasteiger charge is 2.07. The number of urea groups is 1. The van der Waals surface area contributed by atoms with Crippen molar-refractivity contribution in [2.45, 2.75) is 33.1 Å². The first-order chi connectivity index (χ1) is 10.9. The van der Waals surface area contributed by atoms with Gasteiger partial charge in [-0.2, -0.15) is 0 Å². The van der Waals surface area contributed by atoms with Crippen LogP contribution >= 0.6 is 0 Å². The van der Waals surface area contributed by atoms with E-state index in [2.05, 4.69) is 16.0 Å². The summed E-state index contributed by atoms with van der Waals surface area (Å²) in [5, 5.41) is 7.67. The van der Waals surface area contributed by atoms with E-state index in [0.29, 0.717) is 44.3 Å². The molecule has 0 unspecified atom stereocenters. The molecule has 1 aromatic carbocycles. The minimum Gasteiger partial charge on any atom is -0.356 e. The van der Waals surface area contributed by atoms with Gasteiger partial charge in [-0.15, -0.1) is 0 Å². The fraction of sp³-hybridized carbons (Fsp3) is 0.500. The Balaban J connectivity index is 2.16. The summed E-state index contributed by atoms with van der Waals surface area (Å²) in [6.45, 7) is 5.06. The lowest BCUT2D eigenvalue weighted by Gasteiger charge is -2.09. The molecule has 0 radical (unpaired) electrons. The second kappa shape index (κ2) is 9.76. The molecular weight excluding hydrogens is 304 g/mol. The monoisotopic (exact) mass is 327 g/mol. The lowest BCUT2D eigenvalue weighted by molar-refractivity contribution is -0.121. The molecule has 7 heteroatoms. The first-order valence-corrected chi connectivity index (χ1v) is 7.65. The third-order valence-electron chi connectivity index (χ3n) is 3.00. The number of unbranched alkanes of at least 4 members (excludes halogenated alkanes) is 1. The smallest absolute Gasteiger partial charge is 0.319 e. The van der Waals surface area contributed by atoms with Gasteiger partial charge in [0.15, 0.2) is 0 Å². The van der Waals surface area contributed by atoms with Gasteiger partial charge in [-0.3, -0.25) is 4.79 Å². The van der Waals surface area contributed by atoms with Crippen molar-refractivity contribution in [2.75, 3.05) is 18.4 Å². The van der Waals surface area contributed by atoms with Gasteiger partial charge in [0.25, 0.3) is 0 Å². The number of hydrogen-bond donors (Lipinski definition) is 3. The summed E-state index contributed by atoms with van der Waals surface area (Å²) in [5.41, 5.74) is -0.0861. The van der Waals surface area contributed by atoms with Crippen molar-refractivity contribution in [1.82, 2.24) is 10.6 Å². The third-order valence-corrected chi connectivity index (χ3v) is 3.00. The van der Waals surface area contributed by atoms with Crippen LogP contribution < -0.4 is 16.0 Å². The average Bonchev–Trinajstić information content (AvgIpc) is 2.47. The number of hydrogen-bond acceptors (Lipinski definition) is 2. The van der Waals surface area contributed by atoms with Gasteiger partial charge in [0.2, 0.25) is 5.91 Å². The molecule has 0 aliphatic rings. The predicted octanol–water partition coefficient (Wildman–Crippen LogP) is 3.03. The molecule has 5 nitrogen and oxygen atoms in total. The van der Waals surface area contributed by atoms with Gasteiger partial charge in [0.05, 0.1) is 5.69 Å². The molecule has 0 spiro atoms. The van der Waals surface area contributed by atoms with Crippen molar-refractivity contribution in [3.05, 3.63) is 29.8 Å². The Morgan fingerprint density at radius 2 is 1.87 bits per heavy atom. The van der Waals surface area contributed by atoms with E-state index in [-0.39, 0.29) is 11.6 Å². The van der Waals surface area contributed by atoms with E-state index in [4.69, 9.17) is 0 Å². The zero-order valence-corrected chi connectivity index (χ0v) is 13.4. The van der Waals surface area contributed by atoms with Gasteiger partial charge in [0, 0.05) is 25.6 Å². The minimum absolute atomic E-state index is 0.00321. The number of carbonyl (C=O) groups is 2. The zero-order valence-electron chi connectivity index (χ0n) is 13.4. The Labute approximate surface area is 134 Å². The van der Waals surface area contributed by atoms with Crippen LogP contribution in [0.4, 0.5) is 19.3 Å². The van der Waals surface area contributed by atoms with Crippen LogP contribution in [0.2, 0.25) is 0 Å². The topological polar surface area (TPSA) is 70.2 Å². The molecule has 128 valence electrons. The van der Waals surface area contributed by atoms with Crippen LogP contribution in [0.25, 0.3) is 0 Å². The van der Waals surface area contributed by atoms with E-state index in [1.807, 2.05) is 13.8 Å². The Morgan fingerprint density at radius 1 is 1.13 bits per heavy atom. The second-order valence-electron chi connectivity index (χ2n) is 5.66. The van der Waals surface area contributed by atoms with Gasteiger partial charge >= 0.3 is 6.03 Å². The van der Waals surface area contributed by atoms with Crippen LogP contribution in [0.15, 0.2) is 18.2 Å². The van der Waals surface area contributed by atoms with Crippen molar-refractivity contribution in [1.29, 1.82) is 0 Å². The normalized spacial score (nSPS) is 10.5. The summed E-state index contributed by atoms with van der Waals surface area (Å²) in [6, 6.07) is 2.35. The predicted molar refractivity (Wildman–Crippen MR) is 85.1 cm³/mol. The number of anilines is 1. The van der Waals surface area contributed by atoms with E-state index >= 15 is 0 Å². The van der Waals surface area contributed by atoms with Crippen LogP contribution in [0, 0.1) is 17.6 Å². The van der Waals surface area contributed by atoms with Crippen LogP contribution in [-0.2, 0) is 4.79 Å². The van der Waals surface area contributed by atoms with Crippen molar-refractivity contribution in [3.8, 4) is 0 Å². The molecule has 0 fully saturated rings. The molecule has 0 saturated carbocycles. The highest BCUT2D eigenvalue weighted by atomic mass is 19.1. The Hall–Kier alpha value is -2.18. The lowest BCUT2D eigenvalue weighted by Crippen LogP contribution is -2.30. The van der Waals surface area contributed by atoms with E-state index < -0.39 is 17.7 Å². The molecule has 23 heavy (non-hydrogen) atoms. The fourth-order valence-electron chi connectivity index (χ4n) is 1.78. The summed E-state index contributed by atoms with van der Waals surface area (Å²) >= 11 is 0. The molecule has 0 aliphatic carbocycles. The first-order valence-electron chi connectivity index (χ1n) is 7.65. The molecule has 0 aliphatic heterocycles. The highest BCUT2D eigenvalue weighted by molar-refractivity contribution is 5.89.